The molecule has 0 aliphatic carbocycles. The van der Waals surface area contributed by atoms with Gasteiger partial charge in [-0.15, -0.1) is 0 Å². The molecular weight excluding hydrogens is 423 g/mol. The topological polar surface area (TPSA) is 77.9 Å². The van der Waals surface area contributed by atoms with Crippen molar-refractivity contribution in [3.05, 3.63) is 70.1 Å². The summed E-state index contributed by atoms with van der Waals surface area (Å²) in [7, 11) is 1.63. The largest absolute Gasteiger partial charge is 0.384 e. The van der Waals surface area contributed by atoms with Crippen molar-refractivity contribution in [3.63, 3.8) is 0 Å². The lowest BCUT2D eigenvalue weighted by Gasteiger charge is -2.12. The molecule has 0 radical (unpaired) electrons. The van der Waals surface area contributed by atoms with Crippen LogP contribution in [0.2, 0.25) is 0 Å². The van der Waals surface area contributed by atoms with Crippen LogP contribution in [0.4, 0.5) is 10.1 Å². The average Bonchev–Trinajstić information content (AvgIpc) is 2.67. The molecule has 3 N–H and O–H groups in total. The number of allylic oxidation sites excluding steroid dienone is 1. The van der Waals surface area contributed by atoms with Gasteiger partial charge in [0, 0.05) is 34.4 Å². The molecule has 5 nitrogen and oxygen atoms in total. The van der Waals surface area contributed by atoms with Crippen molar-refractivity contribution in [1.82, 2.24) is 10.3 Å². The Hall–Kier alpha value is -3.06. The summed E-state index contributed by atoms with van der Waals surface area (Å²) >= 11 is 3.36. The van der Waals surface area contributed by atoms with E-state index >= 15 is 0 Å². The maximum absolute atomic E-state index is 13.5. The number of nitrogens with zero attached hydrogens (tertiary/aromatic N) is 1. The van der Waals surface area contributed by atoms with E-state index in [-0.39, 0.29) is 11.7 Å². The summed E-state index contributed by atoms with van der Waals surface area (Å²) < 4.78 is 14.1. The van der Waals surface area contributed by atoms with Gasteiger partial charge in [-0.1, -0.05) is 12.1 Å². The second kappa shape index (κ2) is 8.31. The number of nitrogens with one attached hydrogen (secondary N) is 3. The maximum Gasteiger partial charge on any atom is 0.271 e. The summed E-state index contributed by atoms with van der Waals surface area (Å²) in [4.78, 5) is 16.9. The molecule has 0 saturated carbocycles. The number of aryl methyl sites for hydroxylation is 1. The molecule has 0 bridgehead atoms. The number of amides is 1. The molecule has 0 saturated heterocycles. The quantitative estimate of drug-likeness (QED) is 0.393. The van der Waals surface area contributed by atoms with Crippen LogP contribution >= 0.6 is 15.9 Å². The number of hydrogen-bond donors (Lipinski definition) is 3. The standard InChI is InChI=1S/C21H18BrFN4O/c1-12-9-13(3-5-17(12)27-21(28)19(25-2)7-8-24)18-6-4-14-10-15(23)11-16(22)20(14)26-18/h3-11,24-25H,1-2H3,(H,27,28)/b19-7-,24-8?. The summed E-state index contributed by atoms with van der Waals surface area (Å²) in [6, 6.07) is 12.1. The normalized spacial score (nSPS) is 11.4. The first-order chi connectivity index (χ1) is 13.4. The number of carbonyl (C=O) groups excluding carboxylic acids is 1. The smallest absolute Gasteiger partial charge is 0.271 e. The van der Waals surface area contributed by atoms with Crippen LogP contribution in [0.1, 0.15) is 5.56 Å². The first-order valence-electron chi connectivity index (χ1n) is 8.49. The van der Waals surface area contributed by atoms with Crippen molar-refractivity contribution in [2.75, 3.05) is 12.4 Å². The molecule has 2 aromatic carbocycles. The van der Waals surface area contributed by atoms with Crippen LogP contribution in [0.3, 0.4) is 0 Å². The zero-order chi connectivity index (χ0) is 20.3. The molecule has 0 unspecified atom stereocenters. The zero-order valence-electron chi connectivity index (χ0n) is 15.3. The molecule has 3 rings (SSSR count). The number of benzene rings is 2. The zero-order valence-corrected chi connectivity index (χ0v) is 16.9. The Labute approximate surface area is 170 Å². The molecule has 142 valence electrons. The van der Waals surface area contributed by atoms with Crippen LogP contribution in [0.5, 0.6) is 0 Å². The molecule has 1 heterocycles. The van der Waals surface area contributed by atoms with Gasteiger partial charge in [0.2, 0.25) is 0 Å². The molecular formula is C21H18BrFN4O. The lowest BCUT2D eigenvalue weighted by Crippen LogP contribution is -2.23. The lowest BCUT2D eigenvalue weighted by molar-refractivity contribution is -0.113. The minimum Gasteiger partial charge on any atom is -0.384 e. The highest BCUT2D eigenvalue weighted by molar-refractivity contribution is 9.10. The second-order valence-electron chi connectivity index (χ2n) is 6.14. The first-order valence-corrected chi connectivity index (χ1v) is 9.29. The van der Waals surface area contributed by atoms with E-state index in [9.17, 15) is 9.18 Å². The Balaban J connectivity index is 1.92. The summed E-state index contributed by atoms with van der Waals surface area (Å²) in [6.45, 7) is 1.89. The Bertz CT molecular complexity index is 1110. The van der Waals surface area contributed by atoms with Crippen molar-refractivity contribution in [2.24, 2.45) is 0 Å². The number of pyridine rings is 1. The van der Waals surface area contributed by atoms with Gasteiger partial charge in [-0.3, -0.25) is 4.79 Å². The number of hydrogen-bond acceptors (Lipinski definition) is 4. The van der Waals surface area contributed by atoms with Crippen LogP contribution in [0.25, 0.3) is 22.2 Å². The third kappa shape index (κ3) is 4.09. The summed E-state index contributed by atoms with van der Waals surface area (Å²) in [5.41, 5.74) is 4.16. The fourth-order valence-corrected chi connectivity index (χ4v) is 3.36. The van der Waals surface area contributed by atoms with E-state index in [4.69, 9.17) is 5.41 Å². The minimum atomic E-state index is -0.323. The van der Waals surface area contributed by atoms with Gasteiger partial charge >= 0.3 is 0 Å². The first kappa shape index (κ1) is 19.7. The highest BCUT2D eigenvalue weighted by Crippen LogP contribution is 2.29. The molecule has 3 aromatic rings. The SMILES string of the molecule is CN/C(=C\C=N)C(=O)Nc1ccc(-c2ccc3cc(F)cc(Br)c3n2)cc1C. The van der Waals surface area contributed by atoms with Crippen molar-refractivity contribution in [2.45, 2.75) is 6.92 Å². The summed E-state index contributed by atoms with van der Waals surface area (Å²) in [6.07, 6.45) is 2.44. The van der Waals surface area contributed by atoms with Crippen molar-refractivity contribution < 1.29 is 9.18 Å². The van der Waals surface area contributed by atoms with E-state index in [0.29, 0.717) is 26.8 Å². The number of aromatic nitrogens is 1. The van der Waals surface area contributed by atoms with E-state index in [1.807, 2.05) is 37.3 Å². The fourth-order valence-electron chi connectivity index (χ4n) is 2.83. The van der Waals surface area contributed by atoms with E-state index < -0.39 is 0 Å². The van der Waals surface area contributed by atoms with Gasteiger partial charge in [0.05, 0.1) is 11.2 Å². The maximum atomic E-state index is 13.5. The number of rotatable bonds is 5. The molecule has 0 spiro atoms. The van der Waals surface area contributed by atoms with Crippen molar-refractivity contribution in [1.29, 1.82) is 5.41 Å². The van der Waals surface area contributed by atoms with Crippen molar-refractivity contribution >= 4 is 44.6 Å². The molecule has 7 heteroatoms. The van der Waals surface area contributed by atoms with E-state index in [2.05, 4.69) is 31.5 Å². The van der Waals surface area contributed by atoms with Crippen LogP contribution in [0, 0.1) is 18.2 Å². The number of halogens is 2. The Morgan fingerprint density at radius 2 is 2.00 bits per heavy atom. The van der Waals surface area contributed by atoms with Gasteiger partial charge in [-0.2, -0.15) is 0 Å². The van der Waals surface area contributed by atoms with Gasteiger partial charge in [0.15, 0.2) is 0 Å². The molecule has 28 heavy (non-hydrogen) atoms. The van der Waals surface area contributed by atoms with Gasteiger partial charge < -0.3 is 16.0 Å². The molecule has 0 aliphatic heterocycles. The molecule has 1 amide bonds. The lowest BCUT2D eigenvalue weighted by atomic mass is 10.1. The third-order valence-electron chi connectivity index (χ3n) is 4.25. The van der Waals surface area contributed by atoms with Gasteiger partial charge in [0.1, 0.15) is 11.5 Å². The summed E-state index contributed by atoms with van der Waals surface area (Å²) in [5, 5.41) is 13.4. The molecule has 1 aromatic heterocycles. The third-order valence-corrected chi connectivity index (χ3v) is 4.85. The highest BCUT2D eigenvalue weighted by Gasteiger charge is 2.11. The van der Waals surface area contributed by atoms with E-state index in [1.165, 1.54) is 18.2 Å². The van der Waals surface area contributed by atoms with Crippen molar-refractivity contribution in [3.8, 4) is 11.3 Å². The van der Waals surface area contributed by atoms with Gasteiger partial charge in [-0.25, -0.2) is 9.37 Å². The van der Waals surface area contributed by atoms with Gasteiger partial charge in [-0.05, 0) is 64.8 Å². The number of carbonyl (C=O) groups is 1. The van der Waals surface area contributed by atoms with Gasteiger partial charge in [0.25, 0.3) is 5.91 Å². The highest BCUT2D eigenvalue weighted by atomic mass is 79.9. The number of fused-ring (bicyclic) bond motifs is 1. The average molecular weight is 441 g/mol. The molecule has 0 atom stereocenters. The van der Waals surface area contributed by atoms with Crippen LogP contribution in [-0.4, -0.2) is 24.2 Å². The van der Waals surface area contributed by atoms with Crippen LogP contribution in [0.15, 0.2) is 58.7 Å². The Morgan fingerprint density at radius 1 is 1.21 bits per heavy atom. The second-order valence-corrected chi connectivity index (χ2v) is 6.99. The Morgan fingerprint density at radius 3 is 2.68 bits per heavy atom. The van der Waals surface area contributed by atoms with E-state index in [1.54, 1.807) is 7.05 Å². The molecule has 0 aliphatic rings. The predicted octanol–water partition coefficient (Wildman–Crippen LogP) is 4.80. The fraction of sp³-hybridized carbons (Fsp3) is 0.0952. The Kier molecular flexibility index (Phi) is 5.84. The summed E-state index contributed by atoms with van der Waals surface area (Å²) in [5.74, 6) is -0.639. The van der Waals surface area contributed by atoms with Crippen LogP contribution in [-0.2, 0) is 4.79 Å². The number of likely N-dealkylation sites (N-methyl/N-ethyl adjacent to an activating group) is 1. The van der Waals surface area contributed by atoms with E-state index in [0.717, 1.165) is 23.0 Å². The number of anilines is 1. The van der Waals surface area contributed by atoms with Crippen LogP contribution < -0.4 is 10.6 Å². The predicted molar refractivity (Wildman–Crippen MR) is 114 cm³/mol. The molecule has 0 fully saturated rings. The minimum absolute atomic E-state index is 0.298. The monoisotopic (exact) mass is 440 g/mol.